The Balaban J connectivity index is 2.08. The van der Waals surface area contributed by atoms with Crippen LogP contribution in [0.15, 0.2) is 0 Å². The van der Waals surface area contributed by atoms with Gasteiger partial charge in [0.25, 0.3) is 0 Å². The lowest BCUT2D eigenvalue weighted by Crippen LogP contribution is -2.29. The molecule has 90 valence electrons. The van der Waals surface area contributed by atoms with Gasteiger partial charge in [0.1, 0.15) is 0 Å². The molecule has 1 N–H and O–H groups in total. The van der Waals surface area contributed by atoms with Crippen LogP contribution in [0.1, 0.15) is 52.4 Å². The minimum absolute atomic E-state index is 0.0732. The first-order valence-electron chi connectivity index (χ1n) is 6.49. The third-order valence-electron chi connectivity index (χ3n) is 3.48. The van der Waals surface area contributed by atoms with E-state index in [1.54, 1.807) is 0 Å². The van der Waals surface area contributed by atoms with Crippen molar-refractivity contribution in [2.45, 2.75) is 58.5 Å². The predicted octanol–water partition coefficient (Wildman–Crippen LogP) is 2.99. The Bertz CT molecular complexity index is 159. The van der Waals surface area contributed by atoms with E-state index in [9.17, 15) is 5.11 Å². The van der Waals surface area contributed by atoms with E-state index in [2.05, 4.69) is 13.8 Å². The summed E-state index contributed by atoms with van der Waals surface area (Å²) < 4.78 is 5.55. The molecule has 1 saturated carbocycles. The standard InChI is InChI=1S/C13H26O2/c1-3-4-8-15-9-7-12-10-11(2)5-6-13(12)14/h11-14H,3-10H2,1-2H3. The molecule has 0 aromatic rings. The maximum Gasteiger partial charge on any atom is 0.0569 e. The Hall–Kier alpha value is -0.0800. The van der Waals surface area contributed by atoms with Crippen LogP contribution in [0.4, 0.5) is 0 Å². The Kier molecular flexibility index (Phi) is 6.26. The highest BCUT2D eigenvalue weighted by Gasteiger charge is 2.26. The first-order chi connectivity index (χ1) is 7.24. The minimum Gasteiger partial charge on any atom is -0.393 e. The van der Waals surface area contributed by atoms with Crippen LogP contribution in [0, 0.1) is 11.8 Å². The maximum absolute atomic E-state index is 9.83. The van der Waals surface area contributed by atoms with Gasteiger partial charge in [0.15, 0.2) is 0 Å². The summed E-state index contributed by atoms with van der Waals surface area (Å²) in [5, 5.41) is 9.83. The molecule has 15 heavy (non-hydrogen) atoms. The van der Waals surface area contributed by atoms with Crippen LogP contribution in [0.2, 0.25) is 0 Å². The van der Waals surface area contributed by atoms with Gasteiger partial charge in [0.05, 0.1) is 6.10 Å². The fourth-order valence-corrected chi connectivity index (χ4v) is 2.38. The lowest BCUT2D eigenvalue weighted by atomic mass is 9.79. The fourth-order valence-electron chi connectivity index (χ4n) is 2.38. The normalized spacial score (nSPS) is 31.8. The van der Waals surface area contributed by atoms with E-state index in [-0.39, 0.29) is 6.10 Å². The molecule has 0 heterocycles. The van der Waals surface area contributed by atoms with Crippen molar-refractivity contribution in [2.75, 3.05) is 13.2 Å². The molecule has 1 rings (SSSR count). The van der Waals surface area contributed by atoms with E-state index in [1.165, 1.54) is 19.3 Å². The van der Waals surface area contributed by atoms with Crippen LogP contribution in [-0.4, -0.2) is 24.4 Å². The smallest absolute Gasteiger partial charge is 0.0569 e. The van der Waals surface area contributed by atoms with Crippen molar-refractivity contribution in [3.8, 4) is 0 Å². The van der Waals surface area contributed by atoms with Crippen molar-refractivity contribution in [1.82, 2.24) is 0 Å². The quantitative estimate of drug-likeness (QED) is 0.689. The first kappa shape index (κ1) is 13.0. The third kappa shape index (κ3) is 4.98. The van der Waals surface area contributed by atoms with Gasteiger partial charge in [-0.15, -0.1) is 0 Å². The van der Waals surface area contributed by atoms with Crippen LogP contribution >= 0.6 is 0 Å². The van der Waals surface area contributed by atoms with Crippen LogP contribution in [0.25, 0.3) is 0 Å². The largest absolute Gasteiger partial charge is 0.393 e. The molecule has 0 aromatic carbocycles. The monoisotopic (exact) mass is 214 g/mol. The van der Waals surface area contributed by atoms with E-state index in [4.69, 9.17) is 4.74 Å². The zero-order valence-electron chi connectivity index (χ0n) is 10.2. The summed E-state index contributed by atoms with van der Waals surface area (Å²) >= 11 is 0. The molecule has 0 bridgehead atoms. The highest BCUT2D eigenvalue weighted by Crippen LogP contribution is 2.30. The summed E-state index contributed by atoms with van der Waals surface area (Å²) in [7, 11) is 0. The van der Waals surface area contributed by atoms with Crippen LogP contribution < -0.4 is 0 Å². The van der Waals surface area contributed by atoms with Crippen LogP contribution in [-0.2, 0) is 4.74 Å². The van der Waals surface area contributed by atoms with E-state index < -0.39 is 0 Å². The summed E-state index contributed by atoms with van der Waals surface area (Å²) in [5.41, 5.74) is 0. The lowest BCUT2D eigenvalue weighted by Gasteiger charge is -2.31. The summed E-state index contributed by atoms with van der Waals surface area (Å²) in [6.45, 7) is 6.18. The molecule has 3 unspecified atom stereocenters. The maximum atomic E-state index is 9.83. The molecular formula is C13H26O2. The molecule has 2 heteroatoms. The highest BCUT2D eigenvalue weighted by molar-refractivity contribution is 4.77. The second kappa shape index (κ2) is 7.24. The van der Waals surface area contributed by atoms with Crippen molar-refractivity contribution in [3.63, 3.8) is 0 Å². The molecular weight excluding hydrogens is 188 g/mol. The molecule has 0 saturated heterocycles. The zero-order valence-corrected chi connectivity index (χ0v) is 10.2. The minimum atomic E-state index is -0.0732. The number of aliphatic hydroxyl groups is 1. The predicted molar refractivity (Wildman–Crippen MR) is 62.9 cm³/mol. The average Bonchev–Trinajstić information content (AvgIpc) is 2.23. The van der Waals surface area contributed by atoms with Crippen molar-refractivity contribution in [3.05, 3.63) is 0 Å². The highest BCUT2D eigenvalue weighted by atomic mass is 16.5. The summed E-state index contributed by atoms with van der Waals surface area (Å²) in [6.07, 6.45) is 6.67. The van der Waals surface area contributed by atoms with Gasteiger partial charge in [-0.05, 0) is 43.9 Å². The molecule has 2 nitrogen and oxygen atoms in total. The third-order valence-corrected chi connectivity index (χ3v) is 3.48. The van der Waals surface area contributed by atoms with Gasteiger partial charge < -0.3 is 9.84 Å². The number of hydrogen-bond acceptors (Lipinski definition) is 2. The number of ether oxygens (including phenoxy) is 1. The van der Waals surface area contributed by atoms with Crippen LogP contribution in [0.3, 0.4) is 0 Å². The van der Waals surface area contributed by atoms with Crippen molar-refractivity contribution < 1.29 is 9.84 Å². The lowest BCUT2D eigenvalue weighted by molar-refractivity contribution is 0.0257. The van der Waals surface area contributed by atoms with Crippen LogP contribution in [0.5, 0.6) is 0 Å². The molecule has 0 aliphatic heterocycles. The van der Waals surface area contributed by atoms with E-state index in [0.29, 0.717) is 5.92 Å². The Labute approximate surface area is 94.0 Å². The Morgan fingerprint density at radius 1 is 1.27 bits per heavy atom. The molecule has 1 fully saturated rings. The fraction of sp³-hybridized carbons (Fsp3) is 1.00. The SMILES string of the molecule is CCCCOCCC1CC(C)CCC1O. The van der Waals surface area contributed by atoms with Gasteiger partial charge in [0.2, 0.25) is 0 Å². The van der Waals surface area contributed by atoms with E-state index in [1.807, 2.05) is 0 Å². The average molecular weight is 214 g/mol. The molecule has 1 aliphatic rings. The number of hydrogen-bond donors (Lipinski definition) is 1. The second-order valence-corrected chi connectivity index (χ2v) is 5.00. The second-order valence-electron chi connectivity index (χ2n) is 5.00. The van der Waals surface area contributed by atoms with Gasteiger partial charge in [-0.2, -0.15) is 0 Å². The zero-order chi connectivity index (χ0) is 11.1. The first-order valence-corrected chi connectivity index (χ1v) is 6.49. The van der Waals surface area contributed by atoms with Crippen molar-refractivity contribution in [1.29, 1.82) is 0 Å². The van der Waals surface area contributed by atoms with E-state index >= 15 is 0 Å². The van der Waals surface area contributed by atoms with Crippen molar-refractivity contribution >= 4 is 0 Å². The molecule has 0 radical (unpaired) electrons. The summed E-state index contributed by atoms with van der Waals surface area (Å²) in [5.74, 6) is 1.27. The molecule has 1 aliphatic carbocycles. The number of aliphatic hydroxyl groups excluding tert-OH is 1. The van der Waals surface area contributed by atoms with Gasteiger partial charge >= 0.3 is 0 Å². The number of rotatable bonds is 6. The van der Waals surface area contributed by atoms with E-state index in [0.717, 1.165) is 38.4 Å². The molecule has 0 spiro atoms. The number of unbranched alkanes of at least 4 members (excludes halogenated alkanes) is 1. The summed E-state index contributed by atoms with van der Waals surface area (Å²) in [4.78, 5) is 0. The van der Waals surface area contributed by atoms with Gasteiger partial charge in [0, 0.05) is 13.2 Å². The Morgan fingerprint density at radius 3 is 2.80 bits per heavy atom. The van der Waals surface area contributed by atoms with Gasteiger partial charge in [-0.3, -0.25) is 0 Å². The van der Waals surface area contributed by atoms with Crippen molar-refractivity contribution in [2.24, 2.45) is 11.8 Å². The van der Waals surface area contributed by atoms with Gasteiger partial charge in [-0.1, -0.05) is 20.3 Å². The topological polar surface area (TPSA) is 29.5 Å². The molecule has 0 amide bonds. The molecule has 3 atom stereocenters. The summed E-state index contributed by atoms with van der Waals surface area (Å²) in [6, 6.07) is 0. The Morgan fingerprint density at radius 2 is 2.07 bits per heavy atom. The molecule has 0 aromatic heterocycles. The van der Waals surface area contributed by atoms with Gasteiger partial charge in [-0.25, -0.2) is 0 Å².